The van der Waals surface area contributed by atoms with Gasteiger partial charge in [0.15, 0.2) is 11.5 Å². The van der Waals surface area contributed by atoms with Crippen molar-refractivity contribution >= 4 is 22.7 Å². The third-order valence-electron chi connectivity index (χ3n) is 3.43. The van der Waals surface area contributed by atoms with E-state index >= 15 is 0 Å². The van der Waals surface area contributed by atoms with E-state index in [1.54, 1.807) is 0 Å². The first kappa shape index (κ1) is 13.8. The highest BCUT2D eigenvalue weighted by molar-refractivity contribution is 6.31. The summed E-state index contributed by atoms with van der Waals surface area (Å²) in [4.78, 5) is 4.29. The molecule has 20 heavy (non-hydrogen) atoms. The quantitative estimate of drug-likeness (QED) is 0.943. The van der Waals surface area contributed by atoms with Gasteiger partial charge < -0.3 is 14.5 Å². The van der Waals surface area contributed by atoms with Crippen molar-refractivity contribution in [3.8, 4) is 0 Å². The van der Waals surface area contributed by atoms with Crippen LogP contribution < -0.4 is 5.32 Å². The molecule has 0 saturated carbocycles. The van der Waals surface area contributed by atoms with Crippen molar-refractivity contribution in [3.63, 3.8) is 0 Å². The van der Waals surface area contributed by atoms with Crippen molar-refractivity contribution in [2.24, 2.45) is 0 Å². The van der Waals surface area contributed by atoms with E-state index in [9.17, 15) is 4.39 Å². The fraction of sp³-hybridized carbons (Fsp3) is 0.500. The molecule has 0 radical (unpaired) electrons. The lowest BCUT2D eigenvalue weighted by molar-refractivity contribution is 0.0328. The van der Waals surface area contributed by atoms with Crippen LogP contribution in [-0.4, -0.2) is 30.8 Å². The molecule has 108 valence electrons. The van der Waals surface area contributed by atoms with Crippen LogP contribution in [0, 0.1) is 5.82 Å². The molecule has 4 nitrogen and oxygen atoms in total. The van der Waals surface area contributed by atoms with Gasteiger partial charge in [0.1, 0.15) is 11.3 Å². The van der Waals surface area contributed by atoms with Gasteiger partial charge in [-0.1, -0.05) is 11.6 Å². The number of hydrogen-bond donors (Lipinski definition) is 1. The molecule has 6 heteroatoms. The van der Waals surface area contributed by atoms with E-state index in [2.05, 4.69) is 10.3 Å². The minimum Gasteiger partial charge on any atom is -0.440 e. The predicted octanol–water partition coefficient (Wildman–Crippen LogP) is 2.93. The first-order valence-electron chi connectivity index (χ1n) is 6.79. The van der Waals surface area contributed by atoms with Crippen LogP contribution in [0.2, 0.25) is 5.02 Å². The van der Waals surface area contributed by atoms with Crippen molar-refractivity contribution in [2.45, 2.75) is 25.4 Å². The number of nitrogens with one attached hydrogen (secondary N) is 1. The summed E-state index contributed by atoms with van der Waals surface area (Å²) < 4.78 is 24.6. The topological polar surface area (TPSA) is 47.3 Å². The number of oxazole rings is 1. The maximum Gasteiger partial charge on any atom is 0.197 e. The van der Waals surface area contributed by atoms with Crippen LogP contribution in [-0.2, 0) is 11.2 Å². The molecule has 1 fully saturated rings. The minimum atomic E-state index is -0.493. The van der Waals surface area contributed by atoms with Gasteiger partial charge in [-0.05, 0) is 32.0 Å². The van der Waals surface area contributed by atoms with E-state index < -0.39 is 5.82 Å². The highest BCUT2D eigenvalue weighted by atomic mass is 35.5. The zero-order valence-electron chi connectivity index (χ0n) is 11.0. The van der Waals surface area contributed by atoms with E-state index in [0.717, 1.165) is 25.9 Å². The summed E-state index contributed by atoms with van der Waals surface area (Å²) in [7, 11) is 0. The Labute approximate surface area is 121 Å². The van der Waals surface area contributed by atoms with Gasteiger partial charge >= 0.3 is 0 Å². The first-order valence-corrected chi connectivity index (χ1v) is 7.17. The Balaban J connectivity index is 1.60. The number of ether oxygens (including phenoxy) is 1. The summed E-state index contributed by atoms with van der Waals surface area (Å²) in [5.74, 6) is 0.0587. The summed E-state index contributed by atoms with van der Waals surface area (Å²) in [5, 5.41) is 3.35. The second-order valence-electron chi connectivity index (χ2n) is 4.91. The summed E-state index contributed by atoms with van der Waals surface area (Å²) in [6.45, 7) is 2.57. The molecule has 1 aromatic heterocycles. The lowest BCUT2D eigenvalue weighted by atomic mass is 10.1. The number of hydrogen-bond acceptors (Lipinski definition) is 4. The Morgan fingerprint density at radius 3 is 3.00 bits per heavy atom. The van der Waals surface area contributed by atoms with Crippen molar-refractivity contribution in [3.05, 3.63) is 28.9 Å². The van der Waals surface area contributed by atoms with Gasteiger partial charge in [0.25, 0.3) is 0 Å². The van der Waals surface area contributed by atoms with E-state index in [-0.39, 0.29) is 5.02 Å². The van der Waals surface area contributed by atoms with Crippen LogP contribution in [0.15, 0.2) is 16.5 Å². The molecule has 1 aliphatic heterocycles. The minimum absolute atomic E-state index is 0.0586. The predicted molar refractivity (Wildman–Crippen MR) is 74.5 cm³/mol. The molecule has 1 saturated heterocycles. The number of aromatic nitrogens is 1. The molecule has 0 aliphatic carbocycles. The lowest BCUT2D eigenvalue weighted by Gasteiger charge is -2.22. The lowest BCUT2D eigenvalue weighted by Crippen LogP contribution is -2.32. The summed E-state index contributed by atoms with van der Waals surface area (Å²) in [5.41, 5.74) is 0.997. The highest BCUT2D eigenvalue weighted by Gasteiger charge is 2.14. The first-order chi connectivity index (χ1) is 9.72. The van der Waals surface area contributed by atoms with Crippen molar-refractivity contribution in [1.82, 2.24) is 10.3 Å². The number of halogens is 2. The molecule has 0 atom stereocenters. The van der Waals surface area contributed by atoms with E-state index in [1.807, 2.05) is 0 Å². The molecule has 0 unspecified atom stereocenters. The number of rotatable bonds is 4. The fourth-order valence-electron chi connectivity index (χ4n) is 2.35. The van der Waals surface area contributed by atoms with Gasteiger partial charge in [0.2, 0.25) is 0 Å². The second kappa shape index (κ2) is 6.08. The summed E-state index contributed by atoms with van der Waals surface area (Å²) >= 11 is 5.72. The monoisotopic (exact) mass is 298 g/mol. The Morgan fingerprint density at radius 2 is 2.20 bits per heavy atom. The molecule has 1 aromatic carbocycles. The molecule has 0 spiro atoms. The maximum absolute atomic E-state index is 13.3. The molecule has 0 bridgehead atoms. The van der Waals surface area contributed by atoms with Crippen LogP contribution in [0.1, 0.15) is 18.7 Å². The SMILES string of the molecule is Fc1cc2oc(CCOC3CCNCC3)nc2cc1Cl. The van der Waals surface area contributed by atoms with Crippen LogP contribution >= 0.6 is 11.6 Å². The van der Waals surface area contributed by atoms with Crippen LogP contribution in [0.4, 0.5) is 4.39 Å². The molecule has 3 rings (SSSR count). The van der Waals surface area contributed by atoms with E-state index in [0.29, 0.717) is 36.1 Å². The largest absolute Gasteiger partial charge is 0.440 e. The molecular weight excluding hydrogens is 283 g/mol. The summed E-state index contributed by atoms with van der Waals surface area (Å²) in [6, 6.07) is 2.74. The van der Waals surface area contributed by atoms with Crippen LogP contribution in [0.5, 0.6) is 0 Å². The molecular formula is C14H16ClFN2O2. The molecule has 1 aliphatic rings. The van der Waals surface area contributed by atoms with E-state index in [4.69, 9.17) is 20.8 Å². The molecule has 1 N–H and O–H groups in total. The summed E-state index contributed by atoms with van der Waals surface area (Å²) in [6.07, 6.45) is 2.97. The number of nitrogens with zero attached hydrogens (tertiary/aromatic N) is 1. The van der Waals surface area contributed by atoms with Gasteiger partial charge in [-0.15, -0.1) is 0 Å². The van der Waals surface area contributed by atoms with Gasteiger partial charge in [-0.2, -0.15) is 0 Å². The number of benzene rings is 1. The third kappa shape index (κ3) is 3.11. The normalized spacial score (nSPS) is 16.9. The van der Waals surface area contributed by atoms with E-state index in [1.165, 1.54) is 12.1 Å². The second-order valence-corrected chi connectivity index (χ2v) is 5.32. The van der Waals surface area contributed by atoms with Crippen molar-refractivity contribution < 1.29 is 13.5 Å². The fourth-order valence-corrected chi connectivity index (χ4v) is 2.51. The molecule has 0 amide bonds. The van der Waals surface area contributed by atoms with Gasteiger partial charge in [0.05, 0.1) is 17.7 Å². The van der Waals surface area contributed by atoms with Crippen LogP contribution in [0.25, 0.3) is 11.1 Å². The smallest absolute Gasteiger partial charge is 0.197 e. The Morgan fingerprint density at radius 1 is 1.40 bits per heavy atom. The average molecular weight is 299 g/mol. The number of piperidine rings is 1. The third-order valence-corrected chi connectivity index (χ3v) is 3.72. The Bertz CT molecular complexity index is 557. The number of fused-ring (bicyclic) bond motifs is 1. The molecule has 2 heterocycles. The van der Waals surface area contributed by atoms with Gasteiger partial charge in [0, 0.05) is 12.5 Å². The Hall–Kier alpha value is -1.17. The zero-order chi connectivity index (χ0) is 13.9. The van der Waals surface area contributed by atoms with Crippen LogP contribution in [0.3, 0.4) is 0 Å². The van der Waals surface area contributed by atoms with Gasteiger partial charge in [-0.3, -0.25) is 0 Å². The van der Waals surface area contributed by atoms with Crippen molar-refractivity contribution in [1.29, 1.82) is 0 Å². The van der Waals surface area contributed by atoms with Crippen molar-refractivity contribution in [2.75, 3.05) is 19.7 Å². The standard InChI is InChI=1S/C14H16ClFN2O2/c15-10-7-12-13(8-11(10)16)20-14(18-12)3-6-19-9-1-4-17-5-2-9/h7-9,17H,1-6H2. The maximum atomic E-state index is 13.3. The Kier molecular flexibility index (Phi) is 4.19. The van der Waals surface area contributed by atoms with Gasteiger partial charge in [-0.25, -0.2) is 9.37 Å². The zero-order valence-corrected chi connectivity index (χ0v) is 11.8. The highest BCUT2D eigenvalue weighted by Crippen LogP contribution is 2.23. The average Bonchev–Trinajstić information content (AvgIpc) is 2.82. The molecule has 2 aromatic rings.